The Morgan fingerprint density at radius 3 is 1.45 bits per heavy atom. The standard InChI is InChI=1S/C14H10Br2O4S2/c15-9-5-7-11(21-9)12-8(6-10(16)22-12)14-13(7,17-1-2-18-14)19-3-4-20-14/h5-6H,1-4H2. The van der Waals surface area contributed by atoms with E-state index in [1.165, 1.54) is 0 Å². The largest absolute Gasteiger partial charge is 0.339 e. The van der Waals surface area contributed by atoms with E-state index in [1.807, 2.05) is 0 Å². The molecule has 5 rings (SSSR count). The maximum absolute atomic E-state index is 6.17. The van der Waals surface area contributed by atoms with Gasteiger partial charge in [-0.2, -0.15) is 0 Å². The Balaban J connectivity index is 1.89. The summed E-state index contributed by atoms with van der Waals surface area (Å²) in [6.45, 7) is 1.94. The maximum Gasteiger partial charge on any atom is 0.257 e. The Morgan fingerprint density at radius 1 is 0.727 bits per heavy atom. The van der Waals surface area contributed by atoms with Crippen molar-refractivity contribution in [3.8, 4) is 9.75 Å². The van der Waals surface area contributed by atoms with Gasteiger partial charge in [-0.05, 0) is 44.0 Å². The molecule has 3 aliphatic rings. The van der Waals surface area contributed by atoms with E-state index < -0.39 is 11.6 Å². The zero-order chi connectivity index (χ0) is 14.9. The Hall–Kier alpha value is 0.200. The van der Waals surface area contributed by atoms with Crippen molar-refractivity contribution in [1.82, 2.24) is 0 Å². The normalized spacial score (nSPS) is 32.8. The van der Waals surface area contributed by atoms with Gasteiger partial charge in [-0.1, -0.05) is 0 Å². The van der Waals surface area contributed by atoms with E-state index in [0.717, 1.165) is 28.5 Å². The molecule has 4 heterocycles. The lowest BCUT2D eigenvalue weighted by Gasteiger charge is -2.55. The first-order valence-electron chi connectivity index (χ1n) is 6.82. The summed E-state index contributed by atoms with van der Waals surface area (Å²) >= 11 is 10.6. The van der Waals surface area contributed by atoms with Crippen LogP contribution in [-0.4, -0.2) is 26.4 Å². The van der Waals surface area contributed by atoms with Crippen LogP contribution in [0, 0.1) is 0 Å². The van der Waals surface area contributed by atoms with Crippen LogP contribution in [0.25, 0.3) is 9.75 Å². The average Bonchev–Trinajstić information content (AvgIpc) is 3.10. The van der Waals surface area contributed by atoms with E-state index in [0.29, 0.717) is 26.4 Å². The highest BCUT2D eigenvalue weighted by atomic mass is 79.9. The fourth-order valence-electron chi connectivity index (χ4n) is 3.42. The molecule has 2 aliphatic heterocycles. The van der Waals surface area contributed by atoms with Crippen LogP contribution < -0.4 is 0 Å². The van der Waals surface area contributed by atoms with Crippen molar-refractivity contribution in [2.75, 3.05) is 26.4 Å². The first-order valence-corrected chi connectivity index (χ1v) is 10.0. The summed E-state index contributed by atoms with van der Waals surface area (Å²) in [5.74, 6) is -2.04. The minimum absolute atomic E-state index is 0.485. The first kappa shape index (κ1) is 14.5. The van der Waals surface area contributed by atoms with E-state index in [4.69, 9.17) is 18.9 Å². The third-order valence-corrected chi connectivity index (χ3v) is 7.58. The number of hydrogen-bond donors (Lipinski definition) is 0. The predicted molar refractivity (Wildman–Crippen MR) is 90.2 cm³/mol. The van der Waals surface area contributed by atoms with Crippen molar-refractivity contribution in [2.45, 2.75) is 11.6 Å². The number of hydrogen-bond acceptors (Lipinski definition) is 6. The van der Waals surface area contributed by atoms with Gasteiger partial charge in [0.05, 0.1) is 43.8 Å². The zero-order valence-corrected chi connectivity index (χ0v) is 16.0. The summed E-state index contributed by atoms with van der Waals surface area (Å²) < 4.78 is 26.8. The quantitative estimate of drug-likeness (QED) is 0.577. The van der Waals surface area contributed by atoms with Crippen LogP contribution in [0.5, 0.6) is 0 Å². The summed E-state index contributed by atoms with van der Waals surface area (Å²) in [5, 5.41) is 0. The topological polar surface area (TPSA) is 36.9 Å². The smallest absolute Gasteiger partial charge is 0.257 e. The molecule has 0 bridgehead atoms. The molecule has 2 aromatic heterocycles. The van der Waals surface area contributed by atoms with Crippen LogP contribution in [-0.2, 0) is 30.5 Å². The van der Waals surface area contributed by atoms with E-state index >= 15 is 0 Å². The SMILES string of the molecule is Brc1cc2c(s1)-c1sc(Br)cc1C13OCCOC21OCCO3. The highest BCUT2D eigenvalue weighted by molar-refractivity contribution is 9.11. The van der Waals surface area contributed by atoms with Crippen molar-refractivity contribution in [2.24, 2.45) is 0 Å². The van der Waals surface area contributed by atoms with Gasteiger partial charge in [0.15, 0.2) is 0 Å². The van der Waals surface area contributed by atoms with Gasteiger partial charge in [-0.15, -0.1) is 22.7 Å². The minimum atomic E-state index is -1.02. The van der Waals surface area contributed by atoms with Crippen molar-refractivity contribution < 1.29 is 18.9 Å². The molecule has 2 saturated heterocycles. The van der Waals surface area contributed by atoms with Crippen LogP contribution in [0.2, 0.25) is 0 Å². The van der Waals surface area contributed by atoms with Crippen molar-refractivity contribution in [3.63, 3.8) is 0 Å². The molecule has 0 N–H and O–H groups in total. The van der Waals surface area contributed by atoms with Gasteiger partial charge < -0.3 is 18.9 Å². The molecule has 116 valence electrons. The van der Waals surface area contributed by atoms with Gasteiger partial charge >= 0.3 is 0 Å². The molecule has 2 fully saturated rings. The molecule has 0 amide bonds. The van der Waals surface area contributed by atoms with Gasteiger partial charge in [-0.3, -0.25) is 0 Å². The second-order valence-electron chi connectivity index (χ2n) is 5.21. The lowest BCUT2D eigenvalue weighted by Crippen LogP contribution is -2.63. The van der Waals surface area contributed by atoms with Crippen LogP contribution in [0.1, 0.15) is 11.1 Å². The number of rotatable bonds is 0. The van der Waals surface area contributed by atoms with Gasteiger partial charge in [0, 0.05) is 11.1 Å². The monoisotopic (exact) mass is 464 g/mol. The molecule has 0 atom stereocenters. The third-order valence-electron chi connectivity index (χ3n) is 4.14. The molecule has 0 aromatic carbocycles. The molecule has 22 heavy (non-hydrogen) atoms. The highest BCUT2D eigenvalue weighted by Crippen LogP contribution is 2.63. The number of halogens is 2. The van der Waals surface area contributed by atoms with Crippen LogP contribution in [0.4, 0.5) is 0 Å². The molecule has 0 spiro atoms. The third kappa shape index (κ3) is 1.65. The maximum atomic E-state index is 6.17. The summed E-state index contributed by atoms with van der Waals surface area (Å²) in [6, 6.07) is 4.13. The van der Waals surface area contributed by atoms with Crippen molar-refractivity contribution in [1.29, 1.82) is 0 Å². The summed E-state index contributed by atoms with van der Waals surface area (Å²) in [4.78, 5) is 2.31. The van der Waals surface area contributed by atoms with E-state index in [-0.39, 0.29) is 0 Å². The second-order valence-corrected chi connectivity index (χ2v) is 10.1. The molecule has 2 aromatic rings. The minimum Gasteiger partial charge on any atom is -0.339 e. The average molecular weight is 466 g/mol. The predicted octanol–water partition coefficient (Wildman–Crippen LogP) is 4.41. The summed E-state index contributed by atoms with van der Waals surface area (Å²) in [5.41, 5.74) is 1.98. The van der Waals surface area contributed by atoms with Crippen LogP contribution in [0.3, 0.4) is 0 Å². The molecule has 1 aliphatic carbocycles. The van der Waals surface area contributed by atoms with E-state index in [2.05, 4.69) is 44.0 Å². The zero-order valence-electron chi connectivity index (χ0n) is 11.2. The lowest BCUT2D eigenvalue weighted by atomic mass is 9.83. The van der Waals surface area contributed by atoms with Crippen molar-refractivity contribution >= 4 is 54.5 Å². The Morgan fingerprint density at radius 2 is 1.09 bits per heavy atom. The van der Waals surface area contributed by atoms with Crippen LogP contribution >= 0.6 is 54.5 Å². The second kappa shape index (κ2) is 4.86. The number of fused-ring (bicyclic) bond motifs is 3. The van der Waals surface area contributed by atoms with Gasteiger partial charge in [-0.25, -0.2) is 0 Å². The van der Waals surface area contributed by atoms with Gasteiger partial charge in [0.2, 0.25) is 0 Å². The molecular formula is C14H10Br2O4S2. The summed E-state index contributed by atoms with van der Waals surface area (Å²) in [7, 11) is 0. The Kier molecular flexibility index (Phi) is 3.21. The number of ether oxygens (including phenoxy) is 4. The van der Waals surface area contributed by atoms with E-state index in [9.17, 15) is 0 Å². The molecule has 0 radical (unpaired) electrons. The summed E-state index contributed by atoms with van der Waals surface area (Å²) in [6.07, 6.45) is 0. The first-order chi connectivity index (χ1) is 10.7. The molecular weight excluding hydrogens is 456 g/mol. The van der Waals surface area contributed by atoms with Crippen molar-refractivity contribution in [3.05, 3.63) is 30.8 Å². The van der Waals surface area contributed by atoms with Crippen LogP contribution in [0.15, 0.2) is 19.7 Å². The van der Waals surface area contributed by atoms with E-state index in [1.54, 1.807) is 22.7 Å². The highest BCUT2D eigenvalue weighted by Gasteiger charge is 2.67. The fourth-order valence-corrected chi connectivity index (χ4v) is 6.85. The molecule has 8 heteroatoms. The Bertz CT molecular complexity index is 693. The Labute approximate surface area is 151 Å². The van der Waals surface area contributed by atoms with Gasteiger partial charge in [0.25, 0.3) is 11.6 Å². The van der Waals surface area contributed by atoms with Gasteiger partial charge in [0.1, 0.15) is 0 Å². The lowest BCUT2D eigenvalue weighted by molar-refractivity contribution is -0.483. The molecule has 4 nitrogen and oxygen atoms in total. The fraction of sp³-hybridized carbons (Fsp3) is 0.429. The molecule has 0 saturated carbocycles. The number of thiophene rings is 2. The molecule has 0 unspecified atom stereocenters.